The summed E-state index contributed by atoms with van der Waals surface area (Å²) < 4.78 is 10.6. The van der Waals surface area contributed by atoms with Crippen LogP contribution in [0.1, 0.15) is 11.1 Å². The van der Waals surface area contributed by atoms with Crippen molar-refractivity contribution in [1.82, 2.24) is 0 Å². The van der Waals surface area contributed by atoms with Crippen molar-refractivity contribution in [3.63, 3.8) is 0 Å². The van der Waals surface area contributed by atoms with Crippen molar-refractivity contribution < 1.29 is 14.8 Å². The van der Waals surface area contributed by atoms with E-state index in [0.29, 0.717) is 0 Å². The monoisotopic (exact) mass is 306 g/mol. The molecule has 3 nitrogen and oxygen atoms in total. The highest BCUT2D eigenvalue weighted by Gasteiger charge is 2.05. The molecule has 21 heavy (non-hydrogen) atoms. The first-order chi connectivity index (χ1) is 10.2. The summed E-state index contributed by atoms with van der Waals surface area (Å²) in [6.07, 6.45) is 0.987. The molecule has 0 unspecified atom stereocenters. The number of quaternary nitrogens is 1. The molecule has 2 N–H and O–H groups in total. The van der Waals surface area contributed by atoms with Crippen LogP contribution >= 0.6 is 11.6 Å². The van der Waals surface area contributed by atoms with Crippen molar-refractivity contribution in [3.05, 3.63) is 58.6 Å². The van der Waals surface area contributed by atoms with Crippen molar-refractivity contribution in [1.29, 1.82) is 0 Å². The summed E-state index contributed by atoms with van der Waals surface area (Å²) in [5, 5.41) is 3.07. The van der Waals surface area contributed by atoms with Crippen molar-refractivity contribution in [3.8, 4) is 11.5 Å². The van der Waals surface area contributed by atoms with Gasteiger partial charge >= 0.3 is 0 Å². The SMILES string of the molecule is COc1ccc(CC[NH2+]Cc2cccc(Cl)c2)cc1OC. The zero-order valence-corrected chi connectivity index (χ0v) is 13.2. The van der Waals surface area contributed by atoms with Crippen LogP contribution in [0.15, 0.2) is 42.5 Å². The molecular weight excluding hydrogens is 286 g/mol. The lowest BCUT2D eigenvalue weighted by atomic mass is 10.1. The summed E-state index contributed by atoms with van der Waals surface area (Å²) in [5.74, 6) is 1.55. The summed E-state index contributed by atoms with van der Waals surface area (Å²) in [5.41, 5.74) is 2.49. The van der Waals surface area contributed by atoms with Crippen LogP contribution in [0.3, 0.4) is 0 Å². The van der Waals surface area contributed by atoms with Crippen molar-refractivity contribution in [2.75, 3.05) is 20.8 Å². The summed E-state index contributed by atoms with van der Waals surface area (Å²) in [6, 6.07) is 14.0. The van der Waals surface area contributed by atoms with Gasteiger partial charge < -0.3 is 14.8 Å². The van der Waals surface area contributed by atoms with E-state index >= 15 is 0 Å². The molecule has 2 rings (SSSR count). The van der Waals surface area contributed by atoms with E-state index in [0.717, 1.165) is 36.0 Å². The molecule has 0 radical (unpaired) electrons. The molecule has 0 amide bonds. The second-order valence-corrected chi connectivity index (χ2v) is 5.29. The summed E-state index contributed by atoms with van der Waals surface area (Å²) in [6.45, 7) is 1.95. The molecule has 2 aromatic rings. The van der Waals surface area contributed by atoms with E-state index < -0.39 is 0 Å². The minimum absolute atomic E-state index is 0.768. The molecular formula is C17H21ClNO2+. The normalized spacial score (nSPS) is 10.4. The maximum atomic E-state index is 5.98. The Bertz CT molecular complexity index is 587. The Hall–Kier alpha value is -1.71. The first-order valence-electron chi connectivity index (χ1n) is 7.00. The lowest BCUT2D eigenvalue weighted by Gasteiger charge is -2.09. The van der Waals surface area contributed by atoms with Crippen LogP contribution in [0.5, 0.6) is 11.5 Å². The van der Waals surface area contributed by atoms with Gasteiger partial charge in [-0.05, 0) is 29.8 Å². The van der Waals surface area contributed by atoms with Gasteiger partial charge in [-0.2, -0.15) is 0 Å². The molecule has 112 valence electrons. The number of hydrogen-bond acceptors (Lipinski definition) is 2. The number of halogens is 1. The molecule has 0 saturated heterocycles. The Morgan fingerprint density at radius 1 is 0.952 bits per heavy atom. The molecule has 4 heteroatoms. The minimum atomic E-state index is 0.768. The van der Waals surface area contributed by atoms with E-state index in [-0.39, 0.29) is 0 Å². The highest BCUT2D eigenvalue weighted by molar-refractivity contribution is 6.30. The number of rotatable bonds is 7. The standard InChI is InChI=1S/C17H20ClNO2/c1-20-16-7-6-13(11-17(16)21-2)8-9-19-12-14-4-3-5-15(18)10-14/h3-7,10-11,19H,8-9,12H2,1-2H3/p+1. The highest BCUT2D eigenvalue weighted by Crippen LogP contribution is 2.27. The molecule has 0 aliphatic carbocycles. The van der Waals surface area contributed by atoms with Gasteiger partial charge in [-0.3, -0.25) is 0 Å². The third kappa shape index (κ3) is 4.66. The fourth-order valence-electron chi connectivity index (χ4n) is 2.24. The summed E-state index contributed by atoms with van der Waals surface area (Å²) in [4.78, 5) is 0. The van der Waals surface area contributed by atoms with E-state index in [9.17, 15) is 0 Å². The third-order valence-corrected chi connectivity index (χ3v) is 3.59. The summed E-state index contributed by atoms with van der Waals surface area (Å²) in [7, 11) is 3.31. The smallest absolute Gasteiger partial charge is 0.160 e. The highest BCUT2D eigenvalue weighted by atomic mass is 35.5. The Morgan fingerprint density at radius 2 is 1.76 bits per heavy atom. The van der Waals surface area contributed by atoms with E-state index in [4.69, 9.17) is 21.1 Å². The number of benzene rings is 2. The quantitative estimate of drug-likeness (QED) is 0.798. The molecule has 2 aromatic carbocycles. The van der Waals surface area contributed by atoms with Gasteiger partial charge in [-0.15, -0.1) is 0 Å². The van der Waals surface area contributed by atoms with Gasteiger partial charge in [-0.25, -0.2) is 0 Å². The second kappa shape index (κ2) is 7.91. The molecule has 0 spiro atoms. The van der Waals surface area contributed by atoms with Crippen LogP contribution in [0.2, 0.25) is 5.02 Å². The largest absolute Gasteiger partial charge is 0.493 e. The topological polar surface area (TPSA) is 35.1 Å². The van der Waals surface area contributed by atoms with Gasteiger partial charge in [0.15, 0.2) is 11.5 Å². The van der Waals surface area contributed by atoms with Gasteiger partial charge in [0.1, 0.15) is 6.54 Å². The number of hydrogen-bond donors (Lipinski definition) is 1. The van der Waals surface area contributed by atoms with Gasteiger partial charge in [0.05, 0.1) is 20.8 Å². The molecule has 0 saturated carbocycles. The van der Waals surface area contributed by atoms with E-state index in [1.807, 2.05) is 30.3 Å². The van der Waals surface area contributed by atoms with Crippen LogP contribution in [0.4, 0.5) is 0 Å². The molecule has 0 atom stereocenters. The zero-order chi connectivity index (χ0) is 15.1. The number of methoxy groups -OCH3 is 2. The molecule has 0 aliphatic rings. The average molecular weight is 307 g/mol. The summed E-state index contributed by atoms with van der Waals surface area (Å²) >= 11 is 5.98. The van der Waals surface area contributed by atoms with Gasteiger partial charge in [0, 0.05) is 17.0 Å². The molecule has 0 aromatic heterocycles. The fourth-order valence-corrected chi connectivity index (χ4v) is 2.45. The predicted octanol–water partition coefficient (Wildman–Crippen LogP) is 2.66. The second-order valence-electron chi connectivity index (χ2n) is 4.85. The van der Waals surface area contributed by atoms with E-state index in [1.54, 1.807) is 14.2 Å². The molecule has 0 heterocycles. The van der Waals surface area contributed by atoms with Gasteiger partial charge in [0.2, 0.25) is 0 Å². The van der Waals surface area contributed by atoms with E-state index in [2.05, 4.69) is 17.4 Å². The first kappa shape index (κ1) is 15.7. The lowest BCUT2D eigenvalue weighted by Crippen LogP contribution is -2.83. The maximum Gasteiger partial charge on any atom is 0.160 e. The Labute approximate surface area is 130 Å². The van der Waals surface area contributed by atoms with Crippen LogP contribution in [-0.2, 0) is 13.0 Å². The van der Waals surface area contributed by atoms with Crippen molar-refractivity contribution >= 4 is 11.6 Å². The minimum Gasteiger partial charge on any atom is -0.493 e. The molecule has 0 bridgehead atoms. The van der Waals surface area contributed by atoms with Crippen LogP contribution in [-0.4, -0.2) is 20.8 Å². The first-order valence-corrected chi connectivity index (χ1v) is 7.37. The maximum absolute atomic E-state index is 5.98. The van der Waals surface area contributed by atoms with Crippen molar-refractivity contribution in [2.45, 2.75) is 13.0 Å². The zero-order valence-electron chi connectivity index (χ0n) is 12.4. The molecule has 0 aliphatic heterocycles. The predicted molar refractivity (Wildman–Crippen MR) is 85.2 cm³/mol. The third-order valence-electron chi connectivity index (χ3n) is 3.35. The van der Waals surface area contributed by atoms with Crippen LogP contribution < -0.4 is 14.8 Å². The Morgan fingerprint density at radius 3 is 2.48 bits per heavy atom. The van der Waals surface area contributed by atoms with Crippen LogP contribution in [0, 0.1) is 0 Å². The van der Waals surface area contributed by atoms with E-state index in [1.165, 1.54) is 11.1 Å². The fraction of sp³-hybridized carbons (Fsp3) is 0.294. The molecule has 0 fully saturated rings. The van der Waals surface area contributed by atoms with Crippen molar-refractivity contribution in [2.24, 2.45) is 0 Å². The van der Waals surface area contributed by atoms with Gasteiger partial charge in [0.25, 0.3) is 0 Å². The van der Waals surface area contributed by atoms with Crippen LogP contribution in [0.25, 0.3) is 0 Å². The Kier molecular flexibility index (Phi) is 5.90. The lowest BCUT2D eigenvalue weighted by molar-refractivity contribution is -0.670. The average Bonchev–Trinajstić information content (AvgIpc) is 2.51. The number of nitrogens with two attached hydrogens (primary N) is 1. The number of ether oxygens (including phenoxy) is 2. The Balaban J connectivity index is 1.83. The van der Waals surface area contributed by atoms with Gasteiger partial charge in [-0.1, -0.05) is 29.8 Å².